The zero-order chi connectivity index (χ0) is 17.1. The van der Waals surface area contributed by atoms with Gasteiger partial charge >= 0.3 is 5.97 Å². The number of carbonyl (C=O) groups is 1. The van der Waals surface area contributed by atoms with Gasteiger partial charge in [-0.25, -0.2) is 9.48 Å². The number of hydrogen-bond acceptors (Lipinski definition) is 5. The second kappa shape index (κ2) is 6.68. The van der Waals surface area contributed by atoms with Gasteiger partial charge in [-0.1, -0.05) is 24.3 Å². The topological polar surface area (TPSA) is 62.6 Å². The van der Waals surface area contributed by atoms with Crippen LogP contribution in [0.2, 0.25) is 0 Å². The Morgan fingerprint density at radius 1 is 1.12 bits per heavy atom. The van der Waals surface area contributed by atoms with Gasteiger partial charge in [-0.15, -0.1) is 0 Å². The van der Waals surface area contributed by atoms with E-state index in [0.717, 1.165) is 11.3 Å². The summed E-state index contributed by atoms with van der Waals surface area (Å²) in [6.45, 7) is 0.327. The molecule has 1 aliphatic rings. The normalized spacial score (nSPS) is 15.6. The lowest BCUT2D eigenvalue weighted by atomic mass is 10.2. The summed E-state index contributed by atoms with van der Waals surface area (Å²) < 4.78 is 18.3. The fourth-order valence-corrected chi connectivity index (χ4v) is 2.55. The monoisotopic (exact) mass is 336 g/mol. The lowest BCUT2D eigenvalue weighted by Crippen LogP contribution is -2.37. The molecular formula is C19H16N2O4. The third-order valence-corrected chi connectivity index (χ3v) is 3.86. The molecule has 0 N–H and O–H groups in total. The van der Waals surface area contributed by atoms with Crippen molar-refractivity contribution in [2.45, 2.75) is 12.7 Å². The number of nitrogens with zero attached hydrogens (tertiary/aromatic N) is 2. The lowest BCUT2D eigenvalue weighted by molar-refractivity contribution is -0.155. The molecule has 0 fully saturated rings. The molecule has 0 spiro atoms. The van der Waals surface area contributed by atoms with E-state index in [9.17, 15) is 4.79 Å². The van der Waals surface area contributed by atoms with Crippen molar-refractivity contribution in [2.75, 3.05) is 6.61 Å². The van der Waals surface area contributed by atoms with Crippen LogP contribution in [0.15, 0.2) is 67.0 Å². The van der Waals surface area contributed by atoms with E-state index < -0.39 is 12.1 Å². The first kappa shape index (κ1) is 15.3. The van der Waals surface area contributed by atoms with Gasteiger partial charge in [-0.05, 0) is 35.9 Å². The first-order valence-electron chi connectivity index (χ1n) is 7.94. The highest BCUT2D eigenvalue weighted by atomic mass is 16.6. The summed E-state index contributed by atoms with van der Waals surface area (Å²) in [5, 5.41) is 4.17. The summed E-state index contributed by atoms with van der Waals surface area (Å²) in [5.74, 6) is 0.755. The molecule has 1 aromatic heterocycles. The summed E-state index contributed by atoms with van der Waals surface area (Å²) in [5.41, 5.74) is 1.84. The predicted molar refractivity (Wildman–Crippen MR) is 89.7 cm³/mol. The predicted octanol–water partition coefficient (Wildman–Crippen LogP) is 2.76. The summed E-state index contributed by atoms with van der Waals surface area (Å²) in [6, 6.07) is 16.8. The van der Waals surface area contributed by atoms with Gasteiger partial charge in [-0.3, -0.25) is 0 Å². The maximum atomic E-state index is 12.2. The van der Waals surface area contributed by atoms with Gasteiger partial charge in [0.15, 0.2) is 11.5 Å². The van der Waals surface area contributed by atoms with E-state index in [2.05, 4.69) is 5.10 Å². The Hall–Kier alpha value is -3.28. The number of hydrogen-bond donors (Lipinski definition) is 0. The molecule has 0 amide bonds. The van der Waals surface area contributed by atoms with Gasteiger partial charge in [0.1, 0.15) is 13.2 Å². The minimum Gasteiger partial charge on any atom is -0.485 e. The quantitative estimate of drug-likeness (QED) is 0.686. The fourth-order valence-electron chi connectivity index (χ4n) is 2.55. The molecule has 3 aromatic rings. The molecule has 6 heteroatoms. The van der Waals surface area contributed by atoms with Crippen molar-refractivity contribution in [3.8, 4) is 17.2 Å². The van der Waals surface area contributed by atoms with Crippen molar-refractivity contribution in [3.05, 3.63) is 72.6 Å². The summed E-state index contributed by atoms with van der Waals surface area (Å²) >= 11 is 0. The summed E-state index contributed by atoms with van der Waals surface area (Å²) in [7, 11) is 0. The van der Waals surface area contributed by atoms with Crippen LogP contribution < -0.4 is 9.47 Å². The van der Waals surface area contributed by atoms with Crippen LogP contribution in [-0.4, -0.2) is 28.5 Å². The fraction of sp³-hybridized carbons (Fsp3) is 0.158. The Labute approximate surface area is 144 Å². The zero-order valence-corrected chi connectivity index (χ0v) is 13.4. The SMILES string of the molecule is O=C(OCc1ccc(-n2cccn2)cc1)[C@H]1COc2ccccc2O1. The van der Waals surface area contributed by atoms with E-state index in [1.807, 2.05) is 48.7 Å². The van der Waals surface area contributed by atoms with Gasteiger partial charge in [0, 0.05) is 12.4 Å². The van der Waals surface area contributed by atoms with Crippen molar-refractivity contribution in [1.29, 1.82) is 0 Å². The molecule has 2 aromatic carbocycles. The molecule has 1 aliphatic heterocycles. The number of ether oxygens (including phenoxy) is 3. The van der Waals surface area contributed by atoms with Crippen LogP contribution in [0.25, 0.3) is 5.69 Å². The van der Waals surface area contributed by atoms with Crippen molar-refractivity contribution in [1.82, 2.24) is 9.78 Å². The lowest BCUT2D eigenvalue weighted by Gasteiger charge is -2.24. The Bertz CT molecular complexity index is 859. The number of fused-ring (bicyclic) bond motifs is 1. The molecule has 0 unspecified atom stereocenters. The molecule has 0 saturated carbocycles. The highest BCUT2D eigenvalue weighted by molar-refractivity contribution is 5.76. The van der Waals surface area contributed by atoms with Crippen LogP contribution in [-0.2, 0) is 16.1 Å². The van der Waals surface area contributed by atoms with E-state index in [4.69, 9.17) is 14.2 Å². The summed E-state index contributed by atoms with van der Waals surface area (Å²) in [6.07, 6.45) is 2.84. The molecule has 25 heavy (non-hydrogen) atoms. The van der Waals surface area contributed by atoms with Gasteiger partial charge in [0.2, 0.25) is 6.10 Å². The molecule has 0 radical (unpaired) electrons. The second-order valence-corrected chi connectivity index (χ2v) is 5.59. The van der Waals surface area contributed by atoms with E-state index in [1.54, 1.807) is 23.0 Å². The van der Waals surface area contributed by atoms with Crippen molar-refractivity contribution in [3.63, 3.8) is 0 Å². The number of benzene rings is 2. The number of esters is 1. The molecule has 2 heterocycles. The Morgan fingerprint density at radius 3 is 2.68 bits per heavy atom. The smallest absolute Gasteiger partial charge is 0.351 e. The molecule has 1 atom stereocenters. The van der Waals surface area contributed by atoms with Crippen LogP contribution in [0, 0.1) is 0 Å². The molecule has 126 valence electrons. The average molecular weight is 336 g/mol. The van der Waals surface area contributed by atoms with Crippen LogP contribution in [0.3, 0.4) is 0 Å². The van der Waals surface area contributed by atoms with Crippen LogP contribution in [0.5, 0.6) is 11.5 Å². The van der Waals surface area contributed by atoms with Crippen molar-refractivity contribution >= 4 is 5.97 Å². The van der Waals surface area contributed by atoms with Gasteiger partial charge in [0.25, 0.3) is 0 Å². The molecule has 0 bridgehead atoms. The Kier molecular flexibility index (Phi) is 4.08. The molecule has 6 nitrogen and oxygen atoms in total. The Balaban J connectivity index is 1.35. The molecule has 4 rings (SSSR count). The van der Waals surface area contributed by atoms with E-state index in [1.165, 1.54) is 0 Å². The van der Waals surface area contributed by atoms with Gasteiger partial charge in [0.05, 0.1) is 5.69 Å². The van der Waals surface area contributed by atoms with E-state index in [-0.39, 0.29) is 13.2 Å². The highest BCUT2D eigenvalue weighted by Gasteiger charge is 2.28. The average Bonchev–Trinajstić information content (AvgIpc) is 3.21. The number of rotatable bonds is 4. The second-order valence-electron chi connectivity index (χ2n) is 5.59. The van der Waals surface area contributed by atoms with Crippen LogP contribution >= 0.6 is 0 Å². The first-order valence-corrected chi connectivity index (χ1v) is 7.94. The number of aromatic nitrogens is 2. The highest BCUT2D eigenvalue weighted by Crippen LogP contribution is 2.31. The minimum atomic E-state index is -0.752. The van der Waals surface area contributed by atoms with Gasteiger partial charge < -0.3 is 14.2 Å². The maximum absolute atomic E-state index is 12.2. The Morgan fingerprint density at radius 2 is 1.92 bits per heavy atom. The van der Waals surface area contributed by atoms with Crippen LogP contribution in [0.4, 0.5) is 0 Å². The summed E-state index contributed by atoms with van der Waals surface area (Å²) in [4.78, 5) is 12.2. The standard InChI is InChI=1S/C19H16N2O4/c22-19(18-13-23-16-4-1-2-5-17(16)25-18)24-12-14-6-8-15(9-7-14)21-11-3-10-20-21/h1-11,18H,12-13H2/t18-/m1/s1. The van der Waals surface area contributed by atoms with Crippen molar-refractivity contribution < 1.29 is 19.0 Å². The molecule has 0 aliphatic carbocycles. The zero-order valence-electron chi connectivity index (χ0n) is 13.4. The number of para-hydroxylation sites is 2. The first-order chi connectivity index (χ1) is 12.3. The molecular weight excluding hydrogens is 320 g/mol. The third kappa shape index (κ3) is 3.33. The minimum absolute atomic E-state index is 0.147. The largest absolute Gasteiger partial charge is 0.485 e. The van der Waals surface area contributed by atoms with Crippen LogP contribution in [0.1, 0.15) is 5.56 Å². The number of carbonyl (C=O) groups excluding carboxylic acids is 1. The van der Waals surface area contributed by atoms with E-state index >= 15 is 0 Å². The van der Waals surface area contributed by atoms with E-state index in [0.29, 0.717) is 11.5 Å². The van der Waals surface area contributed by atoms with Gasteiger partial charge in [-0.2, -0.15) is 5.10 Å². The third-order valence-electron chi connectivity index (χ3n) is 3.86. The molecule has 0 saturated heterocycles. The van der Waals surface area contributed by atoms with Crippen molar-refractivity contribution in [2.24, 2.45) is 0 Å². The maximum Gasteiger partial charge on any atom is 0.351 e.